The monoisotopic (exact) mass is 236 g/mol. The minimum Gasteiger partial charge on any atom is -0.481 e. The third-order valence-corrected chi connectivity index (χ3v) is 2.45. The number of carboxylic acid groups (broad SMARTS) is 1. The Bertz CT molecular complexity index is 418. The van der Waals surface area contributed by atoms with Gasteiger partial charge < -0.3 is 16.2 Å². The van der Waals surface area contributed by atoms with Crippen LogP contribution in [-0.2, 0) is 4.79 Å². The van der Waals surface area contributed by atoms with Gasteiger partial charge in [0, 0.05) is 11.7 Å². The van der Waals surface area contributed by atoms with Gasteiger partial charge in [-0.05, 0) is 18.6 Å². The van der Waals surface area contributed by atoms with Crippen LogP contribution in [0.15, 0.2) is 24.3 Å². The molecule has 0 aliphatic carbocycles. The van der Waals surface area contributed by atoms with E-state index >= 15 is 0 Å². The number of carboxylic acids is 1. The van der Waals surface area contributed by atoms with E-state index in [1.165, 1.54) is 0 Å². The van der Waals surface area contributed by atoms with Crippen molar-refractivity contribution in [2.45, 2.75) is 25.8 Å². The summed E-state index contributed by atoms with van der Waals surface area (Å²) >= 11 is 0. The number of nitrogen functional groups attached to an aromatic ring is 1. The molecule has 1 unspecified atom stereocenters. The smallest absolute Gasteiger partial charge is 0.305 e. The maximum atomic E-state index is 11.8. The maximum absolute atomic E-state index is 11.8. The van der Waals surface area contributed by atoms with Crippen molar-refractivity contribution in [3.05, 3.63) is 29.8 Å². The van der Waals surface area contributed by atoms with E-state index in [1.807, 2.05) is 6.92 Å². The molecule has 5 heteroatoms. The molecule has 4 N–H and O–H groups in total. The molecular weight excluding hydrogens is 220 g/mol. The summed E-state index contributed by atoms with van der Waals surface area (Å²) in [5.41, 5.74) is 6.42. The molecule has 0 saturated heterocycles. The third kappa shape index (κ3) is 3.79. The molecule has 0 bridgehead atoms. The first-order chi connectivity index (χ1) is 8.04. The third-order valence-electron chi connectivity index (χ3n) is 2.45. The predicted octanol–water partition coefficient (Wildman–Crippen LogP) is 1.25. The van der Waals surface area contributed by atoms with E-state index in [1.54, 1.807) is 24.3 Å². The molecule has 0 radical (unpaired) electrons. The molecule has 0 aliphatic heterocycles. The highest BCUT2D eigenvalue weighted by Crippen LogP contribution is 2.11. The van der Waals surface area contributed by atoms with Crippen LogP contribution in [0.5, 0.6) is 0 Å². The molecule has 5 nitrogen and oxygen atoms in total. The van der Waals surface area contributed by atoms with Gasteiger partial charge in [0.1, 0.15) is 0 Å². The highest BCUT2D eigenvalue weighted by molar-refractivity contribution is 5.99. The fourth-order valence-corrected chi connectivity index (χ4v) is 1.48. The summed E-state index contributed by atoms with van der Waals surface area (Å²) in [5, 5.41) is 11.3. The number of para-hydroxylation sites is 1. The molecular formula is C12H16N2O3. The molecule has 0 spiro atoms. The molecule has 1 rings (SSSR count). The number of carbonyl (C=O) groups is 2. The Hall–Kier alpha value is -2.04. The van der Waals surface area contributed by atoms with Crippen LogP contribution in [0.1, 0.15) is 30.1 Å². The lowest BCUT2D eigenvalue weighted by Crippen LogP contribution is -2.36. The van der Waals surface area contributed by atoms with Crippen LogP contribution >= 0.6 is 0 Å². The van der Waals surface area contributed by atoms with Gasteiger partial charge >= 0.3 is 5.97 Å². The predicted molar refractivity (Wildman–Crippen MR) is 64.7 cm³/mol. The number of rotatable bonds is 5. The molecule has 0 saturated carbocycles. The zero-order valence-electron chi connectivity index (χ0n) is 9.64. The minimum absolute atomic E-state index is 0.0883. The van der Waals surface area contributed by atoms with Crippen LogP contribution in [-0.4, -0.2) is 23.0 Å². The van der Waals surface area contributed by atoms with E-state index in [4.69, 9.17) is 10.8 Å². The fourth-order valence-electron chi connectivity index (χ4n) is 1.48. The van der Waals surface area contributed by atoms with E-state index in [0.29, 0.717) is 17.7 Å². The molecule has 0 aliphatic rings. The molecule has 92 valence electrons. The Balaban J connectivity index is 2.71. The summed E-state index contributed by atoms with van der Waals surface area (Å²) in [5.74, 6) is -1.27. The van der Waals surface area contributed by atoms with Gasteiger partial charge in [-0.15, -0.1) is 0 Å². The van der Waals surface area contributed by atoms with Crippen molar-refractivity contribution in [1.82, 2.24) is 5.32 Å². The number of nitrogens with one attached hydrogen (secondary N) is 1. The van der Waals surface area contributed by atoms with Crippen molar-refractivity contribution < 1.29 is 14.7 Å². The highest BCUT2D eigenvalue weighted by atomic mass is 16.4. The number of benzene rings is 1. The van der Waals surface area contributed by atoms with E-state index in [0.717, 1.165) is 0 Å². The number of amides is 1. The zero-order chi connectivity index (χ0) is 12.8. The lowest BCUT2D eigenvalue weighted by Gasteiger charge is -2.15. The van der Waals surface area contributed by atoms with Crippen molar-refractivity contribution in [2.24, 2.45) is 0 Å². The molecule has 1 aromatic carbocycles. The van der Waals surface area contributed by atoms with Gasteiger partial charge in [-0.2, -0.15) is 0 Å². The second kappa shape index (κ2) is 5.89. The molecule has 1 atom stereocenters. The Morgan fingerprint density at radius 3 is 2.59 bits per heavy atom. The van der Waals surface area contributed by atoms with Crippen LogP contribution in [0.3, 0.4) is 0 Å². The van der Waals surface area contributed by atoms with Crippen molar-refractivity contribution in [2.75, 3.05) is 5.73 Å². The summed E-state index contributed by atoms with van der Waals surface area (Å²) in [7, 11) is 0. The number of hydrogen-bond donors (Lipinski definition) is 3. The lowest BCUT2D eigenvalue weighted by atomic mass is 10.1. The first-order valence-electron chi connectivity index (χ1n) is 5.41. The van der Waals surface area contributed by atoms with Gasteiger partial charge in [0.05, 0.1) is 12.0 Å². The van der Waals surface area contributed by atoms with Crippen molar-refractivity contribution >= 4 is 17.6 Å². The van der Waals surface area contributed by atoms with Gasteiger partial charge in [0.25, 0.3) is 5.91 Å². The van der Waals surface area contributed by atoms with Crippen LogP contribution in [0.2, 0.25) is 0 Å². The Morgan fingerprint density at radius 2 is 2.06 bits per heavy atom. The first-order valence-corrected chi connectivity index (χ1v) is 5.41. The summed E-state index contributed by atoms with van der Waals surface area (Å²) < 4.78 is 0. The Kier molecular flexibility index (Phi) is 4.51. The fraction of sp³-hybridized carbons (Fsp3) is 0.333. The van der Waals surface area contributed by atoms with Crippen LogP contribution < -0.4 is 11.1 Å². The molecule has 0 aromatic heterocycles. The highest BCUT2D eigenvalue weighted by Gasteiger charge is 2.16. The van der Waals surface area contributed by atoms with Gasteiger partial charge in [-0.1, -0.05) is 19.1 Å². The average molecular weight is 236 g/mol. The van der Waals surface area contributed by atoms with Gasteiger partial charge in [0.2, 0.25) is 0 Å². The second-order valence-corrected chi connectivity index (χ2v) is 3.76. The first kappa shape index (κ1) is 13.0. The molecule has 1 aromatic rings. The number of hydrogen-bond acceptors (Lipinski definition) is 3. The van der Waals surface area contributed by atoms with Gasteiger partial charge in [-0.25, -0.2) is 0 Å². The minimum atomic E-state index is -0.932. The quantitative estimate of drug-likeness (QED) is 0.671. The van der Waals surface area contributed by atoms with E-state index in [-0.39, 0.29) is 18.4 Å². The van der Waals surface area contributed by atoms with Crippen LogP contribution in [0.25, 0.3) is 0 Å². The van der Waals surface area contributed by atoms with E-state index in [9.17, 15) is 9.59 Å². The summed E-state index contributed by atoms with van der Waals surface area (Å²) in [6.45, 7) is 1.82. The number of carbonyl (C=O) groups excluding carboxylic acids is 1. The lowest BCUT2D eigenvalue weighted by molar-refractivity contribution is -0.137. The largest absolute Gasteiger partial charge is 0.481 e. The summed E-state index contributed by atoms with van der Waals surface area (Å²) in [6.07, 6.45) is 0.472. The zero-order valence-corrected chi connectivity index (χ0v) is 9.64. The number of aliphatic carboxylic acids is 1. The maximum Gasteiger partial charge on any atom is 0.305 e. The second-order valence-electron chi connectivity index (χ2n) is 3.76. The number of anilines is 1. The van der Waals surface area contributed by atoms with Crippen LogP contribution in [0, 0.1) is 0 Å². The Labute approximate surface area is 99.6 Å². The van der Waals surface area contributed by atoms with E-state index in [2.05, 4.69) is 5.32 Å². The summed E-state index contributed by atoms with van der Waals surface area (Å²) in [4.78, 5) is 22.4. The standard InChI is InChI=1S/C12H16N2O3/c1-2-8(7-11(15)16)14-12(17)9-5-3-4-6-10(9)13/h3-6,8H,2,7,13H2,1H3,(H,14,17)(H,15,16). The van der Waals surface area contributed by atoms with Gasteiger partial charge in [-0.3, -0.25) is 9.59 Å². The number of nitrogens with two attached hydrogens (primary N) is 1. The Morgan fingerprint density at radius 1 is 1.41 bits per heavy atom. The van der Waals surface area contributed by atoms with Crippen molar-refractivity contribution in [3.63, 3.8) is 0 Å². The topological polar surface area (TPSA) is 92.4 Å². The molecule has 0 fully saturated rings. The summed E-state index contributed by atoms with van der Waals surface area (Å²) in [6, 6.07) is 6.31. The van der Waals surface area contributed by atoms with Crippen LogP contribution in [0.4, 0.5) is 5.69 Å². The average Bonchev–Trinajstić information content (AvgIpc) is 2.27. The molecule has 17 heavy (non-hydrogen) atoms. The SMILES string of the molecule is CCC(CC(=O)O)NC(=O)c1ccccc1N. The van der Waals surface area contributed by atoms with Gasteiger partial charge in [0.15, 0.2) is 0 Å². The van der Waals surface area contributed by atoms with Crippen molar-refractivity contribution in [1.29, 1.82) is 0 Å². The van der Waals surface area contributed by atoms with Crippen molar-refractivity contribution in [3.8, 4) is 0 Å². The molecule has 1 amide bonds. The van der Waals surface area contributed by atoms with E-state index < -0.39 is 5.97 Å². The normalized spacial score (nSPS) is 11.8. The molecule has 0 heterocycles.